The van der Waals surface area contributed by atoms with Crippen molar-refractivity contribution in [1.29, 1.82) is 0 Å². The number of carbonyl (C=O) groups is 1. The second-order valence-electron chi connectivity index (χ2n) is 6.73. The lowest BCUT2D eigenvalue weighted by Gasteiger charge is -2.32. The highest BCUT2D eigenvalue weighted by atomic mass is 16.5. The summed E-state index contributed by atoms with van der Waals surface area (Å²) in [7, 11) is 0. The number of rotatable bonds is 7. The van der Waals surface area contributed by atoms with Gasteiger partial charge in [0.2, 0.25) is 0 Å². The van der Waals surface area contributed by atoms with Gasteiger partial charge < -0.3 is 19.7 Å². The number of piperidine rings is 1. The largest absolute Gasteiger partial charge is 0.491 e. The first-order chi connectivity index (χ1) is 13.2. The predicted molar refractivity (Wildman–Crippen MR) is 104 cm³/mol. The maximum absolute atomic E-state index is 12.4. The van der Waals surface area contributed by atoms with Crippen molar-refractivity contribution < 1.29 is 14.3 Å². The maximum Gasteiger partial charge on any atom is 0.317 e. The van der Waals surface area contributed by atoms with Gasteiger partial charge in [-0.3, -0.25) is 4.98 Å². The molecule has 2 heterocycles. The van der Waals surface area contributed by atoms with E-state index in [-0.39, 0.29) is 12.1 Å². The van der Waals surface area contributed by atoms with Crippen molar-refractivity contribution in [2.24, 2.45) is 0 Å². The lowest BCUT2D eigenvalue weighted by Crippen LogP contribution is -2.48. The van der Waals surface area contributed by atoms with Crippen LogP contribution in [0.4, 0.5) is 4.79 Å². The number of pyridine rings is 1. The highest BCUT2D eigenvalue weighted by molar-refractivity contribution is 5.74. The summed E-state index contributed by atoms with van der Waals surface area (Å²) in [5.74, 6) is 0.855. The van der Waals surface area contributed by atoms with E-state index in [2.05, 4.69) is 10.3 Å². The van der Waals surface area contributed by atoms with E-state index in [1.807, 2.05) is 54.4 Å². The molecule has 6 heteroatoms. The summed E-state index contributed by atoms with van der Waals surface area (Å²) in [6.45, 7) is 4.84. The van der Waals surface area contributed by atoms with Crippen LogP contribution in [0.2, 0.25) is 0 Å². The van der Waals surface area contributed by atoms with Crippen molar-refractivity contribution in [3.8, 4) is 5.75 Å². The number of aryl methyl sites for hydroxylation is 1. The summed E-state index contributed by atoms with van der Waals surface area (Å²) < 4.78 is 11.7. The monoisotopic (exact) mass is 369 g/mol. The molecule has 2 aromatic rings. The Kier molecular flexibility index (Phi) is 7.04. The molecule has 1 atom stereocenters. The number of hydrogen-bond acceptors (Lipinski definition) is 4. The minimum absolute atomic E-state index is 0.0574. The van der Waals surface area contributed by atoms with Crippen LogP contribution < -0.4 is 10.1 Å². The third-order valence-corrected chi connectivity index (χ3v) is 4.60. The number of likely N-dealkylation sites (tertiary alicyclic amines) is 1. The van der Waals surface area contributed by atoms with Gasteiger partial charge in [0.15, 0.2) is 0 Å². The quantitative estimate of drug-likeness (QED) is 0.762. The Morgan fingerprint density at radius 1 is 1.30 bits per heavy atom. The normalized spacial score (nSPS) is 16.8. The summed E-state index contributed by atoms with van der Waals surface area (Å²) in [4.78, 5) is 18.3. The molecule has 0 radical (unpaired) electrons. The van der Waals surface area contributed by atoms with Crippen molar-refractivity contribution >= 4 is 6.03 Å². The lowest BCUT2D eigenvalue weighted by molar-refractivity contribution is -0.000470. The van der Waals surface area contributed by atoms with Gasteiger partial charge in [-0.15, -0.1) is 0 Å². The topological polar surface area (TPSA) is 63.7 Å². The zero-order chi connectivity index (χ0) is 18.9. The molecule has 1 aromatic heterocycles. The first-order valence-corrected chi connectivity index (χ1v) is 9.44. The average molecular weight is 369 g/mol. The second-order valence-corrected chi connectivity index (χ2v) is 6.73. The molecule has 0 spiro atoms. The van der Waals surface area contributed by atoms with Crippen LogP contribution in [0.15, 0.2) is 48.8 Å². The standard InChI is InChI=1S/C21H27N3O3/c1-17-6-2-3-9-20(17)26-13-11-23-21(25)24-12-5-8-19(15-24)27-16-18-7-4-10-22-14-18/h2-4,6-7,9-10,14,19H,5,8,11-13,15-16H2,1H3,(H,23,25)/t19-/m0/s1. The van der Waals surface area contributed by atoms with Gasteiger partial charge >= 0.3 is 6.03 Å². The maximum atomic E-state index is 12.4. The highest BCUT2D eigenvalue weighted by Gasteiger charge is 2.24. The number of hydrogen-bond donors (Lipinski definition) is 1. The Labute approximate surface area is 160 Å². The van der Waals surface area contributed by atoms with Crippen LogP contribution in [0.1, 0.15) is 24.0 Å². The number of para-hydroxylation sites is 1. The number of carbonyl (C=O) groups excluding carboxylic acids is 1. The van der Waals surface area contributed by atoms with Crippen molar-refractivity contribution in [3.63, 3.8) is 0 Å². The molecule has 144 valence electrons. The molecule has 1 saturated heterocycles. The van der Waals surface area contributed by atoms with Crippen molar-refractivity contribution in [1.82, 2.24) is 15.2 Å². The van der Waals surface area contributed by atoms with Gasteiger partial charge in [-0.25, -0.2) is 4.79 Å². The molecule has 1 aliphatic heterocycles. The number of benzene rings is 1. The molecule has 0 unspecified atom stereocenters. The Morgan fingerprint density at radius 2 is 2.19 bits per heavy atom. The summed E-state index contributed by atoms with van der Waals surface area (Å²) in [6.07, 6.45) is 5.54. The number of nitrogens with one attached hydrogen (secondary N) is 1. The number of nitrogens with zero attached hydrogens (tertiary/aromatic N) is 2. The Morgan fingerprint density at radius 3 is 3.00 bits per heavy atom. The first-order valence-electron chi connectivity index (χ1n) is 9.44. The fraction of sp³-hybridized carbons (Fsp3) is 0.429. The summed E-state index contributed by atoms with van der Waals surface area (Å²) in [6, 6.07) is 11.7. The van der Waals surface area contributed by atoms with Crippen LogP contribution in [0.3, 0.4) is 0 Å². The molecule has 2 amide bonds. The first kappa shape index (κ1) is 19.2. The summed E-state index contributed by atoms with van der Waals surface area (Å²) >= 11 is 0. The Hall–Kier alpha value is -2.60. The minimum Gasteiger partial charge on any atom is -0.491 e. The zero-order valence-corrected chi connectivity index (χ0v) is 15.8. The van der Waals surface area contributed by atoms with Crippen molar-refractivity contribution in [2.45, 2.75) is 32.5 Å². The molecule has 3 rings (SSSR count). The fourth-order valence-electron chi connectivity index (χ4n) is 3.11. The van der Waals surface area contributed by atoms with Gasteiger partial charge in [0.05, 0.1) is 19.3 Å². The summed E-state index contributed by atoms with van der Waals surface area (Å²) in [5.41, 5.74) is 2.14. The molecule has 1 N–H and O–H groups in total. The number of amides is 2. The molecule has 0 aliphatic carbocycles. The number of ether oxygens (including phenoxy) is 2. The second kappa shape index (κ2) is 9.92. The third-order valence-electron chi connectivity index (χ3n) is 4.60. The van der Waals surface area contributed by atoms with Crippen molar-refractivity contribution in [2.75, 3.05) is 26.2 Å². The SMILES string of the molecule is Cc1ccccc1OCCNC(=O)N1CCC[C@H](OCc2cccnc2)C1. The average Bonchev–Trinajstić information content (AvgIpc) is 2.72. The minimum atomic E-state index is -0.0574. The van der Waals surface area contributed by atoms with Gasteiger partial charge in [0.25, 0.3) is 0 Å². The van der Waals surface area contributed by atoms with Crippen LogP contribution in [0, 0.1) is 6.92 Å². The molecular weight excluding hydrogens is 342 g/mol. The molecule has 6 nitrogen and oxygen atoms in total. The number of urea groups is 1. The number of aromatic nitrogens is 1. The van der Waals surface area contributed by atoms with E-state index in [4.69, 9.17) is 9.47 Å². The van der Waals surface area contributed by atoms with Gasteiger partial charge in [-0.05, 0) is 43.0 Å². The van der Waals surface area contributed by atoms with Gasteiger partial charge in [-0.2, -0.15) is 0 Å². The molecule has 1 aromatic carbocycles. The Bertz CT molecular complexity index is 724. The van der Waals surface area contributed by atoms with Gasteiger partial charge in [-0.1, -0.05) is 24.3 Å². The lowest BCUT2D eigenvalue weighted by atomic mass is 10.1. The summed E-state index contributed by atoms with van der Waals surface area (Å²) in [5, 5.41) is 2.93. The van der Waals surface area contributed by atoms with Crippen LogP contribution in [-0.2, 0) is 11.3 Å². The Balaban J connectivity index is 1.37. The van der Waals surface area contributed by atoms with Crippen LogP contribution >= 0.6 is 0 Å². The van der Waals surface area contributed by atoms with Crippen LogP contribution in [0.5, 0.6) is 5.75 Å². The van der Waals surface area contributed by atoms with E-state index in [0.29, 0.717) is 26.3 Å². The molecule has 1 aliphatic rings. The highest BCUT2D eigenvalue weighted by Crippen LogP contribution is 2.16. The van der Waals surface area contributed by atoms with E-state index < -0.39 is 0 Å². The van der Waals surface area contributed by atoms with Gasteiger partial charge in [0.1, 0.15) is 12.4 Å². The van der Waals surface area contributed by atoms with Crippen LogP contribution in [0.25, 0.3) is 0 Å². The van der Waals surface area contributed by atoms with E-state index in [1.54, 1.807) is 6.20 Å². The van der Waals surface area contributed by atoms with Crippen molar-refractivity contribution in [3.05, 3.63) is 59.9 Å². The van der Waals surface area contributed by atoms with E-state index in [0.717, 1.165) is 36.3 Å². The smallest absolute Gasteiger partial charge is 0.317 e. The molecular formula is C21H27N3O3. The van der Waals surface area contributed by atoms with Gasteiger partial charge in [0, 0.05) is 25.5 Å². The molecule has 1 fully saturated rings. The van der Waals surface area contributed by atoms with E-state index >= 15 is 0 Å². The molecule has 0 bridgehead atoms. The zero-order valence-electron chi connectivity index (χ0n) is 15.8. The molecule has 0 saturated carbocycles. The fourth-order valence-corrected chi connectivity index (χ4v) is 3.11. The molecule has 27 heavy (non-hydrogen) atoms. The van der Waals surface area contributed by atoms with E-state index in [1.165, 1.54) is 0 Å². The van der Waals surface area contributed by atoms with Crippen LogP contribution in [-0.4, -0.2) is 48.3 Å². The predicted octanol–water partition coefficient (Wildman–Crippen LogP) is 3.16. The third kappa shape index (κ3) is 5.96. The van der Waals surface area contributed by atoms with E-state index in [9.17, 15) is 4.79 Å².